The van der Waals surface area contributed by atoms with Gasteiger partial charge in [-0.1, -0.05) is 52.7 Å². The lowest BCUT2D eigenvalue weighted by Gasteiger charge is -2.24. The molecule has 1 atom stereocenters. The zero-order chi connectivity index (χ0) is 15.6. The Morgan fingerprint density at radius 3 is 2.14 bits per heavy atom. The van der Waals surface area contributed by atoms with E-state index in [1.807, 2.05) is 0 Å². The van der Waals surface area contributed by atoms with Crippen molar-refractivity contribution in [2.75, 3.05) is 6.54 Å². The second kappa shape index (κ2) is 6.52. The van der Waals surface area contributed by atoms with Crippen LogP contribution in [0.3, 0.4) is 0 Å². The van der Waals surface area contributed by atoms with Crippen LogP contribution in [0, 0.1) is 19.8 Å². The molecule has 0 aromatic heterocycles. The number of nitrogens with one attached hydrogen (secondary N) is 1. The van der Waals surface area contributed by atoms with Gasteiger partial charge in [0.25, 0.3) is 0 Å². The Bertz CT molecular complexity index is 454. The Hall–Kier alpha value is -0.820. The molecule has 1 aliphatic rings. The third-order valence-corrected chi connectivity index (χ3v) is 4.82. The van der Waals surface area contributed by atoms with Gasteiger partial charge in [-0.05, 0) is 66.8 Å². The van der Waals surface area contributed by atoms with Crippen LogP contribution in [0.1, 0.15) is 69.2 Å². The zero-order valence-corrected chi connectivity index (χ0v) is 14.8. The van der Waals surface area contributed by atoms with E-state index in [0.717, 1.165) is 12.5 Å². The third-order valence-electron chi connectivity index (χ3n) is 4.82. The molecule has 21 heavy (non-hydrogen) atoms. The smallest absolute Gasteiger partial charge is 0.0110 e. The highest BCUT2D eigenvalue weighted by molar-refractivity contribution is 5.41. The van der Waals surface area contributed by atoms with Crippen molar-refractivity contribution in [3.8, 4) is 0 Å². The average molecular weight is 287 g/mol. The van der Waals surface area contributed by atoms with Gasteiger partial charge in [0.1, 0.15) is 0 Å². The van der Waals surface area contributed by atoms with E-state index in [1.54, 1.807) is 5.56 Å². The summed E-state index contributed by atoms with van der Waals surface area (Å²) >= 11 is 0. The average Bonchev–Trinajstić information content (AvgIpc) is 3.16. The standard InChI is InChI=1S/C20H33N/c1-7-21-18(12-16-8-9-16)13-19-14(2)10-17(11-15(19)3)20(4,5)6/h10-11,16,18,21H,7-9,12-13H2,1-6H3. The van der Waals surface area contributed by atoms with Gasteiger partial charge in [0, 0.05) is 6.04 Å². The van der Waals surface area contributed by atoms with Gasteiger partial charge in [-0.25, -0.2) is 0 Å². The van der Waals surface area contributed by atoms with E-state index in [9.17, 15) is 0 Å². The summed E-state index contributed by atoms with van der Waals surface area (Å²) in [7, 11) is 0. The Kier molecular flexibility index (Phi) is 5.14. The van der Waals surface area contributed by atoms with Crippen LogP contribution in [0.4, 0.5) is 0 Å². The van der Waals surface area contributed by atoms with Crippen molar-refractivity contribution in [3.05, 3.63) is 34.4 Å². The quantitative estimate of drug-likeness (QED) is 0.783. The predicted octanol–water partition coefficient (Wildman–Crippen LogP) is 4.92. The van der Waals surface area contributed by atoms with Gasteiger partial charge in [-0.3, -0.25) is 0 Å². The Balaban J connectivity index is 2.17. The molecule has 0 radical (unpaired) electrons. The second-order valence-corrected chi connectivity index (χ2v) is 7.98. The van der Waals surface area contributed by atoms with Gasteiger partial charge in [0.05, 0.1) is 0 Å². The molecule has 0 heterocycles. The largest absolute Gasteiger partial charge is 0.314 e. The summed E-state index contributed by atoms with van der Waals surface area (Å²) < 4.78 is 0. The van der Waals surface area contributed by atoms with Crippen LogP contribution < -0.4 is 5.32 Å². The van der Waals surface area contributed by atoms with Crippen LogP contribution in [0.5, 0.6) is 0 Å². The molecule has 0 bridgehead atoms. The van der Waals surface area contributed by atoms with Crippen LogP contribution in [0.25, 0.3) is 0 Å². The maximum Gasteiger partial charge on any atom is 0.0110 e. The molecule has 1 fully saturated rings. The molecule has 0 saturated heterocycles. The lowest BCUT2D eigenvalue weighted by atomic mass is 9.82. The van der Waals surface area contributed by atoms with Crippen LogP contribution in [0.2, 0.25) is 0 Å². The van der Waals surface area contributed by atoms with Crippen molar-refractivity contribution in [1.29, 1.82) is 0 Å². The Morgan fingerprint density at radius 2 is 1.71 bits per heavy atom. The predicted molar refractivity (Wildman–Crippen MR) is 93.1 cm³/mol. The number of hydrogen-bond acceptors (Lipinski definition) is 1. The van der Waals surface area contributed by atoms with Gasteiger partial charge >= 0.3 is 0 Å². The number of benzene rings is 1. The molecule has 1 aromatic rings. The van der Waals surface area contributed by atoms with Crippen LogP contribution >= 0.6 is 0 Å². The molecule has 1 unspecified atom stereocenters. The van der Waals surface area contributed by atoms with Crippen molar-refractivity contribution in [3.63, 3.8) is 0 Å². The molecule has 0 amide bonds. The van der Waals surface area contributed by atoms with E-state index in [1.165, 1.54) is 42.4 Å². The van der Waals surface area contributed by atoms with Crippen molar-refractivity contribution >= 4 is 0 Å². The van der Waals surface area contributed by atoms with Gasteiger partial charge in [-0.2, -0.15) is 0 Å². The highest BCUT2D eigenvalue weighted by atomic mass is 14.9. The number of rotatable bonds is 6. The first-order valence-electron chi connectivity index (χ1n) is 8.65. The van der Waals surface area contributed by atoms with E-state index in [2.05, 4.69) is 59.0 Å². The fourth-order valence-electron chi connectivity index (χ4n) is 3.28. The molecule has 2 rings (SSSR count). The van der Waals surface area contributed by atoms with Crippen LogP contribution in [-0.4, -0.2) is 12.6 Å². The van der Waals surface area contributed by atoms with Crippen LogP contribution in [0.15, 0.2) is 12.1 Å². The van der Waals surface area contributed by atoms with Gasteiger partial charge in [0.2, 0.25) is 0 Å². The molecule has 118 valence electrons. The lowest BCUT2D eigenvalue weighted by Crippen LogP contribution is -2.32. The maximum absolute atomic E-state index is 3.70. The van der Waals surface area contributed by atoms with Gasteiger partial charge in [-0.15, -0.1) is 0 Å². The Morgan fingerprint density at radius 1 is 1.14 bits per heavy atom. The minimum absolute atomic E-state index is 0.239. The Labute approximate surface area is 131 Å². The van der Waals surface area contributed by atoms with E-state index in [0.29, 0.717) is 6.04 Å². The first-order valence-corrected chi connectivity index (χ1v) is 8.65. The lowest BCUT2D eigenvalue weighted by molar-refractivity contribution is 0.464. The molecule has 1 saturated carbocycles. The summed E-state index contributed by atoms with van der Waals surface area (Å²) in [5.74, 6) is 0.989. The number of aryl methyl sites for hydroxylation is 2. The van der Waals surface area contributed by atoms with Crippen molar-refractivity contribution in [2.45, 2.75) is 78.7 Å². The maximum atomic E-state index is 3.70. The monoisotopic (exact) mass is 287 g/mol. The SMILES string of the molecule is CCNC(Cc1c(C)cc(C(C)(C)C)cc1C)CC1CC1. The minimum atomic E-state index is 0.239. The van der Waals surface area contributed by atoms with E-state index in [4.69, 9.17) is 0 Å². The van der Waals surface area contributed by atoms with Crippen molar-refractivity contribution < 1.29 is 0 Å². The number of hydrogen-bond donors (Lipinski definition) is 1. The molecule has 1 heteroatoms. The van der Waals surface area contributed by atoms with Gasteiger partial charge in [0.15, 0.2) is 0 Å². The highest BCUT2D eigenvalue weighted by Gasteiger charge is 2.26. The van der Waals surface area contributed by atoms with Gasteiger partial charge < -0.3 is 5.32 Å². The first kappa shape index (κ1) is 16.5. The fourth-order valence-corrected chi connectivity index (χ4v) is 3.28. The molecule has 1 nitrogen and oxygen atoms in total. The topological polar surface area (TPSA) is 12.0 Å². The molecular formula is C20H33N. The zero-order valence-electron chi connectivity index (χ0n) is 14.8. The first-order chi connectivity index (χ1) is 9.81. The highest BCUT2D eigenvalue weighted by Crippen LogP contribution is 2.35. The summed E-state index contributed by atoms with van der Waals surface area (Å²) in [4.78, 5) is 0. The molecule has 1 N–H and O–H groups in total. The molecule has 0 spiro atoms. The summed E-state index contributed by atoms with van der Waals surface area (Å²) in [6.45, 7) is 14.8. The summed E-state index contributed by atoms with van der Waals surface area (Å²) in [6.07, 6.45) is 5.44. The van der Waals surface area contributed by atoms with Crippen LogP contribution in [-0.2, 0) is 11.8 Å². The third kappa shape index (κ3) is 4.57. The normalized spacial score (nSPS) is 17.0. The van der Waals surface area contributed by atoms with Crippen molar-refractivity contribution in [1.82, 2.24) is 5.32 Å². The number of likely N-dealkylation sites (N-methyl/N-ethyl adjacent to an activating group) is 1. The molecular weight excluding hydrogens is 254 g/mol. The van der Waals surface area contributed by atoms with E-state index >= 15 is 0 Å². The molecule has 0 aliphatic heterocycles. The molecule has 1 aromatic carbocycles. The summed E-state index contributed by atoms with van der Waals surface area (Å²) in [6, 6.07) is 5.46. The summed E-state index contributed by atoms with van der Waals surface area (Å²) in [5, 5.41) is 3.70. The van der Waals surface area contributed by atoms with E-state index in [-0.39, 0.29) is 5.41 Å². The van der Waals surface area contributed by atoms with Crippen molar-refractivity contribution in [2.24, 2.45) is 5.92 Å². The minimum Gasteiger partial charge on any atom is -0.314 e. The fraction of sp³-hybridized carbons (Fsp3) is 0.700. The summed E-state index contributed by atoms with van der Waals surface area (Å²) in [5.41, 5.74) is 6.21. The molecule has 1 aliphatic carbocycles. The van der Waals surface area contributed by atoms with E-state index < -0.39 is 0 Å². The second-order valence-electron chi connectivity index (χ2n) is 7.98.